The zero-order chi connectivity index (χ0) is 13.3. The van der Waals surface area contributed by atoms with Gasteiger partial charge in [0.05, 0.1) is 0 Å². The van der Waals surface area contributed by atoms with Crippen LogP contribution in [0.3, 0.4) is 0 Å². The summed E-state index contributed by atoms with van der Waals surface area (Å²) in [4.78, 5) is -0.277. The van der Waals surface area contributed by atoms with Gasteiger partial charge < -0.3 is 4.55 Å². The lowest BCUT2D eigenvalue weighted by Gasteiger charge is -2.27. The largest absolute Gasteiger partial charge is 0.743 e. The number of thioether (sulfide) groups is 1. The van der Waals surface area contributed by atoms with Gasteiger partial charge in [0.25, 0.3) is 0 Å². The van der Waals surface area contributed by atoms with Crippen LogP contribution in [0, 0.1) is 0 Å². The van der Waals surface area contributed by atoms with Gasteiger partial charge in [-0.25, -0.2) is 8.42 Å². The first-order valence-electron chi connectivity index (χ1n) is 4.03. The highest BCUT2D eigenvalue weighted by Gasteiger charge is 2.62. The van der Waals surface area contributed by atoms with Gasteiger partial charge in [-0.05, 0) is 23.9 Å². The number of rotatable bonds is 4. The summed E-state index contributed by atoms with van der Waals surface area (Å²) < 4.78 is 81.8. The molecular formula is C8H5F4O3S2-. The predicted molar refractivity (Wildman–Crippen MR) is 51.9 cm³/mol. The van der Waals surface area contributed by atoms with E-state index in [-0.39, 0.29) is 4.90 Å². The molecule has 3 nitrogen and oxygen atoms in total. The Morgan fingerprint density at radius 3 is 1.94 bits per heavy atom. The Balaban J connectivity index is 3.05. The van der Waals surface area contributed by atoms with E-state index in [0.29, 0.717) is 0 Å². The quantitative estimate of drug-likeness (QED) is 0.485. The van der Waals surface area contributed by atoms with Gasteiger partial charge in [-0.1, -0.05) is 18.2 Å². The molecule has 0 radical (unpaired) electrons. The van der Waals surface area contributed by atoms with Crippen molar-refractivity contribution in [3.63, 3.8) is 0 Å². The van der Waals surface area contributed by atoms with Crippen LogP contribution in [0.5, 0.6) is 0 Å². The van der Waals surface area contributed by atoms with Gasteiger partial charge in [0, 0.05) is 4.90 Å². The van der Waals surface area contributed by atoms with Gasteiger partial charge in [0.2, 0.25) is 0 Å². The van der Waals surface area contributed by atoms with E-state index in [0.717, 1.165) is 12.1 Å². The van der Waals surface area contributed by atoms with E-state index >= 15 is 0 Å². The van der Waals surface area contributed by atoms with Crippen molar-refractivity contribution in [2.75, 3.05) is 0 Å². The summed E-state index contributed by atoms with van der Waals surface area (Å²) in [5, 5.41) is -10.7. The van der Waals surface area contributed by atoms with Gasteiger partial charge in [0.1, 0.15) is 0 Å². The summed E-state index contributed by atoms with van der Waals surface area (Å²) in [5.41, 5.74) is 0. The third-order valence-electron chi connectivity index (χ3n) is 1.64. The first-order chi connectivity index (χ1) is 7.58. The molecule has 1 rings (SSSR count). The summed E-state index contributed by atoms with van der Waals surface area (Å²) in [6, 6.07) is 6.26. The zero-order valence-corrected chi connectivity index (χ0v) is 9.57. The minimum atomic E-state index is -6.43. The molecule has 1 aromatic carbocycles. The lowest BCUT2D eigenvalue weighted by molar-refractivity contribution is -0.0950. The molecule has 9 heteroatoms. The number of halogens is 4. The molecule has 0 fully saturated rings. The van der Waals surface area contributed by atoms with E-state index in [2.05, 4.69) is 0 Å². The second-order valence-corrected chi connectivity index (χ2v) is 5.51. The molecule has 0 bridgehead atoms. The Kier molecular flexibility index (Phi) is 3.75. The fourth-order valence-corrected chi connectivity index (χ4v) is 2.27. The summed E-state index contributed by atoms with van der Waals surface area (Å²) in [7, 11) is -6.43. The van der Waals surface area contributed by atoms with E-state index in [4.69, 9.17) is 0 Å². The molecule has 0 heterocycles. The average molecular weight is 289 g/mol. The molecule has 0 saturated heterocycles. The van der Waals surface area contributed by atoms with Gasteiger partial charge in [-0.15, -0.1) is 0 Å². The number of hydrogen-bond acceptors (Lipinski definition) is 4. The SMILES string of the molecule is O=S(=O)([O-])C(F)(F)C(F)(F)Sc1ccccc1. The van der Waals surface area contributed by atoms with E-state index in [1.54, 1.807) is 0 Å². The summed E-state index contributed by atoms with van der Waals surface area (Å²) in [5.74, 6) is 0. The van der Waals surface area contributed by atoms with Crippen LogP contribution in [0.1, 0.15) is 0 Å². The fraction of sp³-hybridized carbons (Fsp3) is 0.250. The van der Waals surface area contributed by atoms with Crippen molar-refractivity contribution in [3.05, 3.63) is 30.3 Å². The molecule has 0 N–H and O–H groups in total. The minimum Gasteiger partial charge on any atom is -0.743 e. The molecule has 0 aliphatic heterocycles. The smallest absolute Gasteiger partial charge is 0.406 e. The third kappa shape index (κ3) is 2.90. The molecule has 1 aromatic rings. The van der Waals surface area contributed by atoms with E-state index < -0.39 is 32.4 Å². The second-order valence-electron chi connectivity index (χ2n) is 2.90. The van der Waals surface area contributed by atoms with Crippen molar-refractivity contribution in [2.24, 2.45) is 0 Å². The van der Waals surface area contributed by atoms with Crippen molar-refractivity contribution in [1.29, 1.82) is 0 Å². The van der Waals surface area contributed by atoms with Crippen LogP contribution in [-0.4, -0.2) is 23.5 Å². The van der Waals surface area contributed by atoms with Crippen molar-refractivity contribution < 1.29 is 30.5 Å². The molecule has 0 spiro atoms. The first-order valence-corrected chi connectivity index (χ1v) is 6.25. The minimum absolute atomic E-state index is 0.277. The maximum atomic E-state index is 13.0. The van der Waals surface area contributed by atoms with Crippen molar-refractivity contribution in [1.82, 2.24) is 0 Å². The van der Waals surface area contributed by atoms with Crippen LogP contribution in [0.4, 0.5) is 17.6 Å². The Morgan fingerprint density at radius 1 is 1.06 bits per heavy atom. The number of hydrogen-bond donors (Lipinski definition) is 0. The number of alkyl halides is 4. The van der Waals surface area contributed by atoms with Crippen LogP contribution >= 0.6 is 11.8 Å². The summed E-state index contributed by atoms with van der Waals surface area (Å²) >= 11 is -0.683. The molecule has 0 saturated carbocycles. The lowest BCUT2D eigenvalue weighted by Crippen LogP contribution is -2.44. The van der Waals surface area contributed by atoms with Crippen LogP contribution in [0.2, 0.25) is 0 Å². The first kappa shape index (κ1) is 14.3. The van der Waals surface area contributed by atoms with Crippen molar-refractivity contribution in [2.45, 2.75) is 15.4 Å². The molecule has 0 unspecified atom stereocenters. The van der Waals surface area contributed by atoms with Gasteiger partial charge in [-0.3, -0.25) is 0 Å². The molecule has 17 heavy (non-hydrogen) atoms. The van der Waals surface area contributed by atoms with Gasteiger partial charge in [-0.2, -0.15) is 17.6 Å². The Hall–Kier alpha value is -0.800. The predicted octanol–water partition coefficient (Wildman–Crippen LogP) is 2.51. The normalized spacial score (nSPS) is 13.7. The molecule has 0 aliphatic carbocycles. The zero-order valence-electron chi connectivity index (χ0n) is 7.94. The molecule has 0 amide bonds. The number of benzene rings is 1. The van der Waals surface area contributed by atoms with Crippen LogP contribution in [0.15, 0.2) is 35.2 Å². The van der Waals surface area contributed by atoms with Crippen LogP contribution < -0.4 is 0 Å². The van der Waals surface area contributed by atoms with E-state index in [1.807, 2.05) is 0 Å². The highest BCUT2D eigenvalue weighted by Crippen LogP contribution is 2.48. The maximum absolute atomic E-state index is 13.0. The third-order valence-corrected chi connectivity index (χ3v) is 3.68. The second kappa shape index (κ2) is 4.46. The summed E-state index contributed by atoms with van der Waals surface area (Å²) in [6.07, 6.45) is 0. The summed E-state index contributed by atoms with van der Waals surface area (Å²) in [6.45, 7) is 0. The standard InChI is InChI=1S/C8H6F4O3S2/c9-7(10,8(11,12)17(13,14)15)16-6-4-2-1-3-5-6/h1-5H,(H,13,14,15)/p-1. The van der Waals surface area contributed by atoms with Gasteiger partial charge in [0.15, 0.2) is 10.1 Å². The molecule has 0 atom stereocenters. The van der Waals surface area contributed by atoms with Gasteiger partial charge >= 0.3 is 10.5 Å². The fourth-order valence-electron chi connectivity index (χ4n) is 0.841. The average Bonchev–Trinajstić information content (AvgIpc) is 2.16. The van der Waals surface area contributed by atoms with E-state index in [1.165, 1.54) is 18.2 Å². The Labute approximate surface area is 98.6 Å². The Morgan fingerprint density at radius 2 is 1.53 bits per heavy atom. The highest BCUT2D eigenvalue weighted by atomic mass is 32.2. The van der Waals surface area contributed by atoms with E-state index in [9.17, 15) is 30.5 Å². The maximum Gasteiger partial charge on any atom is 0.406 e. The molecular weight excluding hydrogens is 284 g/mol. The lowest BCUT2D eigenvalue weighted by atomic mass is 10.4. The highest BCUT2D eigenvalue weighted by molar-refractivity contribution is 8.01. The van der Waals surface area contributed by atoms with Crippen molar-refractivity contribution in [3.8, 4) is 0 Å². The monoisotopic (exact) mass is 289 g/mol. The van der Waals surface area contributed by atoms with Crippen LogP contribution in [0.25, 0.3) is 0 Å². The molecule has 0 aliphatic rings. The molecule has 0 aromatic heterocycles. The van der Waals surface area contributed by atoms with Crippen LogP contribution in [-0.2, 0) is 10.1 Å². The van der Waals surface area contributed by atoms with Crippen molar-refractivity contribution >= 4 is 21.9 Å². The topological polar surface area (TPSA) is 57.2 Å². The Bertz CT molecular complexity index is 487. The molecule has 96 valence electrons.